The highest BCUT2D eigenvalue weighted by Gasteiger charge is 2.23. The molecule has 1 unspecified atom stereocenters. The maximum atomic E-state index is 10.3. The van der Waals surface area contributed by atoms with Gasteiger partial charge in [0.05, 0.1) is 0 Å². The Hall–Kier alpha value is -0.770. The van der Waals surface area contributed by atoms with Crippen molar-refractivity contribution in [2.75, 3.05) is 13.7 Å². The molecule has 1 aliphatic rings. The molecule has 1 atom stereocenters. The summed E-state index contributed by atoms with van der Waals surface area (Å²) in [6.07, 6.45) is 0.648. The summed E-state index contributed by atoms with van der Waals surface area (Å²) in [6.45, 7) is 0.683. The molecule has 1 rings (SSSR count). The van der Waals surface area contributed by atoms with E-state index in [1.807, 2.05) is 0 Å². The van der Waals surface area contributed by atoms with Crippen LogP contribution in [0.15, 0.2) is 0 Å². The van der Waals surface area contributed by atoms with Crippen molar-refractivity contribution in [3.63, 3.8) is 0 Å². The number of ether oxygens (including phenoxy) is 1. The van der Waals surface area contributed by atoms with Gasteiger partial charge in [0.1, 0.15) is 6.23 Å². The van der Waals surface area contributed by atoms with Gasteiger partial charge in [-0.1, -0.05) is 0 Å². The van der Waals surface area contributed by atoms with Gasteiger partial charge in [-0.2, -0.15) is 0 Å². The van der Waals surface area contributed by atoms with E-state index in [9.17, 15) is 4.79 Å². The average molecular weight is 145 g/mol. The highest BCUT2D eigenvalue weighted by atomic mass is 16.5. The number of hydrogen-bond acceptors (Lipinski definition) is 2. The fraction of sp³-hybridized carbons (Fsp3) is 0.833. The summed E-state index contributed by atoms with van der Waals surface area (Å²) in [7, 11) is 1.53. The number of carboxylic acid groups (broad SMARTS) is 1. The molecule has 0 aliphatic carbocycles. The highest BCUT2D eigenvalue weighted by molar-refractivity contribution is 5.64. The van der Waals surface area contributed by atoms with E-state index in [2.05, 4.69) is 0 Å². The third-order valence-electron chi connectivity index (χ3n) is 1.64. The normalized spacial score (nSPS) is 24.7. The van der Waals surface area contributed by atoms with Crippen LogP contribution in [0.2, 0.25) is 0 Å². The number of amides is 1. The Bertz CT molecular complexity index is 131. The van der Waals surface area contributed by atoms with E-state index in [-0.39, 0.29) is 6.23 Å². The van der Waals surface area contributed by atoms with Crippen LogP contribution in [-0.4, -0.2) is 36.0 Å². The first-order chi connectivity index (χ1) is 4.72. The third-order valence-corrected chi connectivity index (χ3v) is 1.64. The molecule has 1 heterocycles. The molecule has 4 nitrogen and oxygen atoms in total. The first-order valence-corrected chi connectivity index (χ1v) is 3.29. The van der Waals surface area contributed by atoms with Crippen molar-refractivity contribution in [1.82, 2.24) is 4.90 Å². The van der Waals surface area contributed by atoms with E-state index in [4.69, 9.17) is 9.84 Å². The second-order valence-corrected chi connectivity index (χ2v) is 2.36. The van der Waals surface area contributed by atoms with Crippen molar-refractivity contribution >= 4 is 6.09 Å². The molecule has 0 radical (unpaired) electrons. The molecule has 0 aromatic rings. The second kappa shape index (κ2) is 2.88. The standard InChI is InChI=1S/C6H11NO3/c1-7(6(8)9)5-3-2-4-10-5/h5H,2-4H2,1H3,(H,8,9). The zero-order valence-corrected chi connectivity index (χ0v) is 5.91. The van der Waals surface area contributed by atoms with Crippen LogP contribution in [0.1, 0.15) is 12.8 Å². The summed E-state index contributed by atoms with van der Waals surface area (Å²) in [5, 5.41) is 8.49. The van der Waals surface area contributed by atoms with Crippen molar-refractivity contribution in [1.29, 1.82) is 0 Å². The van der Waals surface area contributed by atoms with Crippen LogP contribution in [0.5, 0.6) is 0 Å². The summed E-state index contributed by atoms with van der Waals surface area (Å²) in [5.74, 6) is 0. The van der Waals surface area contributed by atoms with Gasteiger partial charge in [-0.3, -0.25) is 4.90 Å². The van der Waals surface area contributed by atoms with Crippen LogP contribution < -0.4 is 0 Å². The Labute approximate surface area is 59.4 Å². The summed E-state index contributed by atoms with van der Waals surface area (Å²) in [6, 6.07) is 0. The lowest BCUT2D eigenvalue weighted by atomic mass is 10.3. The minimum absolute atomic E-state index is 0.211. The van der Waals surface area contributed by atoms with E-state index in [0.29, 0.717) is 6.61 Å². The minimum Gasteiger partial charge on any atom is -0.465 e. The largest absolute Gasteiger partial charge is 0.465 e. The van der Waals surface area contributed by atoms with Gasteiger partial charge >= 0.3 is 6.09 Å². The summed E-state index contributed by atoms with van der Waals surface area (Å²) in [5.41, 5.74) is 0. The van der Waals surface area contributed by atoms with Gasteiger partial charge in [0.15, 0.2) is 0 Å². The molecular formula is C6H11NO3. The molecule has 58 valence electrons. The predicted octanol–water partition coefficient (Wildman–Crippen LogP) is 0.733. The van der Waals surface area contributed by atoms with Crippen LogP contribution in [0.4, 0.5) is 4.79 Å². The van der Waals surface area contributed by atoms with Crippen LogP contribution in [0.25, 0.3) is 0 Å². The minimum atomic E-state index is -0.924. The Morgan fingerprint density at radius 1 is 1.80 bits per heavy atom. The van der Waals surface area contributed by atoms with Gasteiger partial charge in [0.25, 0.3) is 0 Å². The smallest absolute Gasteiger partial charge is 0.409 e. The fourth-order valence-corrected chi connectivity index (χ4v) is 0.989. The second-order valence-electron chi connectivity index (χ2n) is 2.36. The lowest BCUT2D eigenvalue weighted by Crippen LogP contribution is -2.35. The topological polar surface area (TPSA) is 49.8 Å². The molecule has 0 aromatic heterocycles. The van der Waals surface area contributed by atoms with E-state index in [1.54, 1.807) is 0 Å². The summed E-state index contributed by atoms with van der Waals surface area (Å²) < 4.78 is 5.12. The van der Waals surface area contributed by atoms with E-state index in [1.165, 1.54) is 11.9 Å². The average Bonchev–Trinajstić information content (AvgIpc) is 2.36. The van der Waals surface area contributed by atoms with Crippen LogP contribution in [-0.2, 0) is 4.74 Å². The predicted molar refractivity (Wildman–Crippen MR) is 34.8 cm³/mol. The van der Waals surface area contributed by atoms with E-state index in [0.717, 1.165) is 12.8 Å². The van der Waals surface area contributed by atoms with Crippen molar-refractivity contribution < 1.29 is 14.6 Å². The van der Waals surface area contributed by atoms with E-state index >= 15 is 0 Å². The monoisotopic (exact) mass is 145 g/mol. The summed E-state index contributed by atoms with van der Waals surface area (Å²) in [4.78, 5) is 11.5. The summed E-state index contributed by atoms with van der Waals surface area (Å²) >= 11 is 0. The van der Waals surface area contributed by atoms with Gasteiger partial charge in [-0.05, 0) is 12.8 Å². The van der Waals surface area contributed by atoms with Crippen molar-refractivity contribution in [2.45, 2.75) is 19.1 Å². The van der Waals surface area contributed by atoms with Crippen molar-refractivity contribution in [3.05, 3.63) is 0 Å². The van der Waals surface area contributed by atoms with E-state index < -0.39 is 6.09 Å². The SMILES string of the molecule is CN(C(=O)O)C1CCCO1. The number of hydrogen-bond donors (Lipinski definition) is 1. The number of carbonyl (C=O) groups is 1. The van der Waals surface area contributed by atoms with Crippen molar-refractivity contribution in [2.24, 2.45) is 0 Å². The molecule has 0 saturated carbocycles. The third kappa shape index (κ3) is 1.39. The van der Waals surface area contributed by atoms with Crippen LogP contribution in [0.3, 0.4) is 0 Å². The number of rotatable bonds is 1. The zero-order chi connectivity index (χ0) is 7.56. The molecule has 1 saturated heterocycles. The zero-order valence-electron chi connectivity index (χ0n) is 5.91. The quantitative estimate of drug-likeness (QED) is 0.591. The molecule has 1 amide bonds. The van der Waals surface area contributed by atoms with Gasteiger partial charge in [0, 0.05) is 13.7 Å². The van der Waals surface area contributed by atoms with Gasteiger partial charge < -0.3 is 9.84 Å². The lowest BCUT2D eigenvalue weighted by molar-refractivity contribution is 0.00330. The Morgan fingerprint density at radius 3 is 2.90 bits per heavy atom. The van der Waals surface area contributed by atoms with Gasteiger partial charge in [-0.15, -0.1) is 0 Å². The Morgan fingerprint density at radius 2 is 2.50 bits per heavy atom. The first kappa shape index (κ1) is 7.34. The molecule has 4 heteroatoms. The maximum absolute atomic E-state index is 10.3. The fourth-order valence-electron chi connectivity index (χ4n) is 0.989. The maximum Gasteiger partial charge on any atom is 0.409 e. The molecule has 0 spiro atoms. The van der Waals surface area contributed by atoms with Crippen LogP contribution >= 0.6 is 0 Å². The highest BCUT2D eigenvalue weighted by Crippen LogP contribution is 2.14. The molecule has 1 aliphatic heterocycles. The molecule has 0 bridgehead atoms. The van der Waals surface area contributed by atoms with Crippen molar-refractivity contribution in [3.8, 4) is 0 Å². The molecular weight excluding hydrogens is 134 g/mol. The van der Waals surface area contributed by atoms with Gasteiger partial charge in [-0.25, -0.2) is 4.79 Å². The lowest BCUT2D eigenvalue weighted by Gasteiger charge is -2.19. The molecule has 10 heavy (non-hydrogen) atoms. The van der Waals surface area contributed by atoms with Crippen LogP contribution in [0, 0.1) is 0 Å². The van der Waals surface area contributed by atoms with Gasteiger partial charge in [0.2, 0.25) is 0 Å². The Kier molecular flexibility index (Phi) is 2.11. The molecule has 0 aromatic carbocycles. The number of nitrogens with zero attached hydrogens (tertiary/aromatic N) is 1. The Balaban J connectivity index is 2.39. The molecule has 1 N–H and O–H groups in total. The molecule has 1 fully saturated rings. The first-order valence-electron chi connectivity index (χ1n) is 3.29.